The highest BCUT2D eigenvalue weighted by Gasteiger charge is 2.33. The Labute approximate surface area is 100 Å². The second-order valence-electron chi connectivity index (χ2n) is 3.68. The van der Waals surface area contributed by atoms with Crippen molar-refractivity contribution in [3.63, 3.8) is 0 Å². The van der Waals surface area contributed by atoms with Crippen LogP contribution in [0.4, 0.5) is 18.9 Å². The smallest absolute Gasteiger partial charge is 0.310 e. The van der Waals surface area contributed by atoms with Crippen molar-refractivity contribution in [3.05, 3.63) is 23.0 Å². The standard InChI is InChI=1S/C10H8ClF3N2O/c11-9-7(16-3-1-2-8(16)17)4-6(5-15-9)10(12,13)14/h4-5H,1-3H2. The van der Waals surface area contributed by atoms with Crippen LogP contribution < -0.4 is 4.90 Å². The second kappa shape index (κ2) is 4.18. The van der Waals surface area contributed by atoms with E-state index in [0.29, 0.717) is 25.6 Å². The minimum atomic E-state index is -4.49. The number of aromatic nitrogens is 1. The number of carbonyl (C=O) groups is 1. The first kappa shape index (κ1) is 12.2. The molecule has 1 fully saturated rings. The Morgan fingerprint density at radius 1 is 1.41 bits per heavy atom. The summed E-state index contributed by atoms with van der Waals surface area (Å²) in [6, 6.07) is 0.860. The first-order chi connectivity index (χ1) is 7.89. The van der Waals surface area contributed by atoms with Crippen molar-refractivity contribution in [2.75, 3.05) is 11.4 Å². The predicted octanol–water partition coefficient (Wildman–Crippen LogP) is 2.88. The van der Waals surface area contributed by atoms with Gasteiger partial charge >= 0.3 is 6.18 Å². The van der Waals surface area contributed by atoms with E-state index in [0.717, 1.165) is 6.07 Å². The van der Waals surface area contributed by atoms with Crippen molar-refractivity contribution in [2.24, 2.45) is 0 Å². The lowest BCUT2D eigenvalue weighted by molar-refractivity contribution is -0.137. The normalized spacial score (nSPS) is 16.7. The SMILES string of the molecule is O=C1CCCN1c1cc(C(F)(F)F)cnc1Cl. The van der Waals surface area contributed by atoms with Crippen molar-refractivity contribution in [2.45, 2.75) is 19.0 Å². The molecule has 0 bridgehead atoms. The monoisotopic (exact) mass is 264 g/mol. The molecule has 3 nitrogen and oxygen atoms in total. The van der Waals surface area contributed by atoms with E-state index in [1.807, 2.05) is 0 Å². The lowest BCUT2D eigenvalue weighted by Crippen LogP contribution is -2.24. The van der Waals surface area contributed by atoms with Crippen molar-refractivity contribution in [3.8, 4) is 0 Å². The van der Waals surface area contributed by atoms with Gasteiger partial charge in [-0.1, -0.05) is 11.6 Å². The maximum absolute atomic E-state index is 12.5. The number of nitrogens with zero attached hydrogens (tertiary/aromatic N) is 2. The predicted molar refractivity (Wildman–Crippen MR) is 55.8 cm³/mol. The van der Waals surface area contributed by atoms with Crippen LogP contribution in [-0.2, 0) is 11.0 Å². The zero-order chi connectivity index (χ0) is 12.6. The summed E-state index contributed by atoms with van der Waals surface area (Å²) in [5.74, 6) is -0.229. The van der Waals surface area contributed by atoms with E-state index in [-0.39, 0.29) is 16.7 Å². The zero-order valence-electron chi connectivity index (χ0n) is 8.59. The fourth-order valence-corrected chi connectivity index (χ4v) is 1.89. The third-order valence-corrected chi connectivity index (χ3v) is 2.80. The molecule has 17 heavy (non-hydrogen) atoms. The average molecular weight is 265 g/mol. The minimum Gasteiger partial charge on any atom is -0.310 e. The van der Waals surface area contributed by atoms with E-state index in [2.05, 4.69) is 4.98 Å². The zero-order valence-corrected chi connectivity index (χ0v) is 9.35. The molecule has 0 N–H and O–H groups in total. The molecular weight excluding hydrogens is 257 g/mol. The average Bonchev–Trinajstić information content (AvgIpc) is 2.63. The lowest BCUT2D eigenvalue weighted by Gasteiger charge is -2.18. The Balaban J connectivity index is 2.42. The summed E-state index contributed by atoms with van der Waals surface area (Å²) in [4.78, 5) is 16.2. The van der Waals surface area contributed by atoms with Gasteiger partial charge in [-0.2, -0.15) is 13.2 Å². The summed E-state index contributed by atoms with van der Waals surface area (Å²) in [6.07, 6.45) is -2.89. The van der Waals surface area contributed by atoms with Gasteiger partial charge in [-0.15, -0.1) is 0 Å². The van der Waals surface area contributed by atoms with Crippen LogP contribution in [0.25, 0.3) is 0 Å². The first-order valence-corrected chi connectivity index (χ1v) is 5.30. The van der Waals surface area contributed by atoms with Gasteiger partial charge in [0.25, 0.3) is 0 Å². The Morgan fingerprint density at radius 3 is 2.65 bits per heavy atom. The van der Waals surface area contributed by atoms with Crippen LogP contribution >= 0.6 is 11.6 Å². The Kier molecular flexibility index (Phi) is 2.99. The summed E-state index contributed by atoms with van der Waals surface area (Å²) in [7, 11) is 0. The maximum Gasteiger partial charge on any atom is 0.417 e. The Morgan fingerprint density at radius 2 is 2.12 bits per heavy atom. The van der Waals surface area contributed by atoms with E-state index in [1.165, 1.54) is 4.90 Å². The molecule has 1 saturated heterocycles. The molecule has 0 unspecified atom stereocenters. The summed E-state index contributed by atoms with van der Waals surface area (Å²) >= 11 is 5.72. The summed E-state index contributed by atoms with van der Waals surface area (Å²) in [5, 5.41) is -0.0896. The van der Waals surface area contributed by atoms with Gasteiger partial charge in [0.1, 0.15) is 0 Å². The van der Waals surface area contributed by atoms with E-state index < -0.39 is 11.7 Å². The van der Waals surface area contributed by atoms with Crippen LogP contribution in [0.5, 0.6) is 0 Å². The Bertz CT molecular complexity index is 461. The summed E-state index contributed by atoms with van der Waals surface area (Å²) in [5.41, 5.74) is -0.874. The number of amides is 1. The van der Waals surface area contributed by atoms with Crippen LogP contribution in [0.1, 0.15) is 18.4 Å². The van der Waals surface area contributed by atoms with Gasteiger partial charge in [0.2, 0.25) is 5.91 Å². The highest BCUT2D eigenvalue weighted by molar-refractivity contribution is 6.32. The number of hydrogen-bond acceptors (Lipinski definition) is 2. The van der Waals surface area contributed by atoms with Crippen LogP contribution in [0.3, 0.4) is 0 Å². The molecule has 1 aliphatic rings. The molecule has 1 amide bonds. The molecule has 2 heterocycles. The molecule has 1 aromatic heterocycles. The molecule has 92 valence electrons. The second-order valence-corrected chi connectivity index (χ2v) is 4.04. The quantitative estimate of drug-likeness (QED) is 0.731. The third kappa shape index (κ3) is 2.36. The van der Waals surface area contributed by atoms with Gasteiger partial charge in [0.15, 0.2) is 5.15 Å². The van der Waals surface area contributed by atoms with E-state index in [4.69, 9.17) is 11.6 Å². The third-order valence-electron chi connectivity index (χ3n) is 2.51. The van der Waals surface area contributed by atoms with Gasteiger partial charge in [0, 0.05) is 19.2 Å². The molecule has 0 atom stereocenters. The molecular formula is C10H8ClF3N2O. The highest BCUT2D eigenvalue weighted by atomic mass is 35.5. The maximum atomic E-state index is 12.5. The van der Waals surface area contributed by atoms with Crippen LogP contribution in [-0.4, -0.2) is 17.4 Å². The summed E-state index contributed by atoms with van der Waals surface area (Å²) in [6.45, 7) is 0.377. The van der Waals surface area contributed by atoms with Crippen molar-refractivity contribution < 1.29 is 18.0 Å². The van der Waals surface area contributed by atoms with Crippen molar-refractivity contribution in [1.82, 2.24) is 4.98 Å². The number of anilines is 1. The fourth-order valence-electron chi connectivity index (χ4n) is 1.68. The largest absolute Gasteiger partial charge is 0.417 e. The van der Waals surface area contributed by atoms with Gasteiger partial charge in [-0.05, 0) is 12.5 Å². The Hall–Kier alpha value is -1.30. The topological polar surface area (TPSA) is 33.2 Å². The van der Waals surface area contributed by atoms with E-state index in [1.54, 1.807) is 0 Å². The highest BCUT2D eigenvalue weighted by Crippen LogP contribution is 2.35. The fraction of sp³-hybridized carbons (Fsp3) is 0.400. The van der Waals surface area contributed by atoms with E-state index in [9.17, 15) is 18.0 Å². The number of halogens is 4. The number of pyridine rings is 1. The molecule has 0 aliphatic carbocycles. The van der Waals surface area contributed by atoms with Gasteiger partial charge < -0.3 is 4.90 Å². The van der Waals surface area contributed by atoms with Crippen molar-refractivity contribution in [1.29, 1.82) is 0 Å². The number of carbonyl (C=O) groups excluding carboxylic acids is 1. The van der Waals surface area contributed by atoms with Gasteiger partial charge in [-0.25, -0.2) is 4.98 Å². The van der Waals surface area contributed by atoms with E-state index >= 15 is 0 Å². The molecule has 1 aliphatic heterocycles. The summed E-state index contributed by atoms with van der Waals surface area (Å²) < 4.78 is 37.5. The minimum absolute atomic E-state index is 0.0315. The van der Waals surface area contributed by atoms with Crippen LogP contribution in [0.2, 0.25) is 5.15 Å². The number of hydrogen-bond donors (Lipinski definition) is 0. The van der Waals surface area contributed by atoms with Gasteiger partial charge in [0.05, 0.1) is 11.3 Å². The molecule has 0 radical (unpaired) electrons. The molecule has 0 aromatic carbocycles. The molecule has 0 spiro atoms. The first-order valence-electron chi connectivity index (χ1n) is 4.92. The van der Waals surface area contributed by atoms with Crippen LogP contribution in [0.15, 0.2) is 12.3 Å². The molecule has 7 heteroatoms. The number of rotatable bonds is 1. The van der Waals surface area contributed by atoms with Crippen LogP contribution in [0, 0.1) is 0 Å². The molecule has 0 saturated carbocycles. The lowest BCUT2D eigenvalue weighted by atomic mass is 10.2. The van der Waals surface area contributed by atoms with Crippen molar-refractivity contribution >= 4 is 23.2 Å². The number of alkyl halides is 3. The molecule has 2 rings (SSSR count). The molecule has 1 aromatic rings. The van der Waals surface area contributed by atoms with Gasteiger partial charge in [-0.3, -0.25) is 4.79 Å².